The topological polar surface area (TPSA) is 82.1 Å². The molecule has 116 valence electrons. The van der Waals surface area contributed by atoms with E-state index in [9.17, 15) is 14.7 Å². The Morgan fingerprint density at radius 1 is 1.10 bits per heavy atom. The van der Waals surface area contributed by atoms with E-state index in [1.165, 1.54) is 11.6 Å². The molecule has 0 atom stereocenters. The number of hydrogen-bond donors (Lipinski definition) is 1. The molecule has 0 aliphatic rings. The number of aliphatic hydroxyl groups is 1. The van der Waals surface area contributed by atoms with Crippen LogP contribution in [-0.2, 0) is 26.7 Å². The van der Waals surface area contributed by atoms with E-state index in [0.29, 0.717) is 30.1 Å². The lowest BCUT2D eigenvalue weighted by Crippen LogP contribution is -2.38. The lowest BCUT2D eigenvalue weighted by Gasteiger charge is -2.09. The van der Waals surface area contributed by atoms with Crippen molar-refractivity contribution in [1.29, 1.82) is 0 Å². The summed E-state index contributed by atoms with van der Waals surface area (Å²) in [6.45, 7) is 4.89. The predicted octanol–water partition coefficient (Wildman–Crippen LogP) is 0.599. The van der Waals surface area contributed by atoms with E-state index in [2.05, 4.69) is 4.98 Å². The molecule has 0 aromatic carbocycles. The number of unbranched alkanes of at least 4 members (excludes halogenated alkanes) is 1. The Morgan fingerprint density at radius 2 is 1.81 bits per heavy atom. The van der Waals surface area contributed by atoms with Crippen LogP contribution in [-0.4, -0.2) is 23.8 Å². The number of imidazole rings is 1. The van der Waals surface area contributed by atoms with Crippen LogP contribution in [0, 0.1) is 0 Å². The first-order chi connectivity index (χ1) is 10.1. The van der Waals surface area contributed by atoms with Gasteiger partial charge in [-0.15, -0.1) is 0 Å². The number of nitrogens with zero attached hydrogens (tertiary/aromatic N) is 4. The fourth-order valence-corrected chi connectivity index (χ4v) is 2.50. The Balaban J connectivity index is 2.85. The van der Waals surface area contributed by atoms with E-state index in [1.54, 1.807) is 4.57 Å². The molecule has 0 bridgehead atoms. The lowest BCUT2D eigenvalue weighted by molar-refractivity contribution is 0.265. The van der Waals surface area contributed by atoms with Crippen molar-refractivity contribution in [1.82, 2.24) is 18.7 Å². The standard InChI is InChI=1S/C14H22N4O3/c1-4-6-8-18-12-11(13(20)16(3)14(18)21)17(7-5-2)10(9-19)15-12/h19H,4-9H2,1-3H3. The van der Waals surface area contributed by atoms with Crippen molar-refractivity contribution in [3.8, 4) is 0 Å². The molecule has 2 rings (SSSR count). The van der Waals surface area contributed by atoms with Gasteiger partial charge in [-0.1, -0.05) is 20.3 Å². The predicted molar refractivity (Wildman–Crippen MR) is 80.4 cm³/mol. The highest BCUT2D eigenvalue weighted by molar-refractivity contribution is 5.71. The summed E-state index contributed by atoms with van der Waals surface area (Å²) in [4.78, 5) is 29.0. The number of aryl methyl sites for hydroxylation is 2. The van der Waals surface area contributed by atoms with Crippen molar-refractivity contribution in [2.45, 2.75) is 52.8 Å². The highest BCUT2D eigenvalue weighted by atomic mass is 16.3. The first-order valence-corrected chi connectivity index (χ1v) is 7.36. The molecule has 2 aromatic rings. The molecule has 0 saturated heterocycles. The zero-order chi connectivity index (χ0) is 15.6. The molecule has 0 aliphatic heterocycles. The largest absolute Gasteiger partial charge is 0.388 e. The maximum Gasteiger partial charge on any atom is 0.332 e. The molecule has 0 amide bonds. The molecule has 21 heavy (non-hydrogen) atoms. The Kier molecular flexibility index (Phi) is 4.62. The third-order valence-corrected chi connectivity index (χ3v) is 3.63. The van der Waals surface area contributed by atoms with E-state index < -0.39 is 0 Å². The van der Waals surface area contributed by atoms with Crippen molar-refractivity contribution in [2.24, 2.45) is 7.05 Å². The fraction of sp³-hybridized carbons (Fsp3) is 0.643. The summed E-state index contributed by atoms with van der Waals surface area (Å²) < 4.78 is 4.37. The summed E-state index contributed by atoms with van der Waals surface area (Å²) in [6.07, 6.45) is 2.59. The van der Waals surface area contributed by atoms with Crippen LogP contribution in [0.3, 0.4) is 0 Å². The van der Waals surface area contributed by atoms with Gasteiger partial charge in [-0.05, 0) is 12.8 Å². The van der Waals surface area contributed by atoms with Crippen molar-refractivity contribution in [3.05, 3.63) is 26.7 Å². The van der Waals surface area contributed by atoms with Gasteiger partial charge in [0.25, 0.3) is 5.56 Å². The van der Waals surface area contributed by atoms with Gasteiger partial charge in [0, 0.05) is 20.1 Å². The molecule has 0 aliphatic carbocycles. The molecule has 0 unspecified atom stereocenters. The number of fused-ring (bicyclic) bond motifs is 1. The SMILES string of the molecule is CCCCn1c(=O)n(C)c(=O)c2c1nc(CO)n2CCC. The monoisotopic (exact) mass is 294 g/mol. The minimum absolute atomic E-state index is 0.250. The second kappa shape index (κ2) is 6.26. The van der Waals surface area contributed by atoms with Crippen LogP contribution >= 0.6 is 0 Å². The van der Waals surface area contributed by atoms with Crippen LogP contribution in [0.4, 0.5) is 0 Å². The number of aromatic nitrogens is 4. The van der Waals surface area contributed by atoms with Crippen LogP contribution in [0.2, 0.25) is 0 Å². The first kappa shape index (κ1) is 15.5. The molecular weight excluding hydrogens is 272 g/mol. The maximum atomic E-state index is 12.4. The first-order valence-electron chi connectivity index (χ1n) is 7.36. The molecule has 7 heteroatoms. The highest BCUT2D eigenvalue weighted by Crippen LogP contribution is 2.13. The van der Waals surface area contributed by atoms with E-state index in [-0.39, 0.29) is 17.9 Å². The average molecular weight is 294 g/mol. The summed E-state index contributed by atoms with van der Waals surface area (Å²) in [5.41, 5.74) is 0.0724. The molecule has 0 radical (unpaired) electrons. The Morgan fingerprint density at radius 3 is 2.38 bits per heavy atom. The lowest BCUT2D eigenvalue weighted by atomic mass is 10.3. The van der Waals surface area contributed by atoms with E-state index in [4.69, 9.17) is 0 Å². The normalized spacial score (nSPS) is 11.4. The molecule has 7 nitrogen and oxygen atoms in total. The summed E-state index contributed by atoms with van der Waals surface area (Å²) in [7, 11) is 1.48. The number of aliphatic hydroxyl groups excluding tert-OH is 1. The Labute approximate surface area is 122 Å². The summed E-state index contributed by atoms with van der Waals surface area (Å²) in [5.74, 6) is 0.430. The van der Waals surface area contributed by atoms with Crippen molar-refractivity contribution < 1.29 is 5.11 Å². The number of hydrogen-bond acceptors (Lipinski definition) is 4. The van der Waals surface area contributed by atoms with Gasteiger partial charge in [0.1, 0.15) is 12.4 Å². The van der Waals surface area contributed by atoms with Gasteiger partial charge < -0.3 is 9.67 Å². The molecule has 2 heterocycles. The third-order valence-electron chi connectivity index (χ3n) is 3.63. The minimum atomic E-state index is -0.358. The van der Waals surface area contributed by atoms with Crippen LogP contribution < -0.4 is 11.2 Å². The van der Waals surface area contributed by atoms with Crippen LogP contribution in [0.1, 0.15) is 38.9 Å². The van der Waals surface area contributed by atoms with E-state index in [0.717, 1.165) is 23.8 Å². The van der Waals surface area contributed by atoms with Gasteiger partial charge >= 0.3 is 5.69 Å². The smallest absolute Gasteiger partial charge is 0.332 e. The zero-order valence-corrected chi connectivity index (χ0v) is 12.8. The summed E-state index contributed by atoms with van der Waals surface area (Å²) in [5, 5.41) is 9.46. The minimum Gasteiger partial charge on any atom is -0.388 e. The zero-order valence-electron chi connectivity index (χ0n) is 12.8. The molecule has 1 N–H and O–H groups in total. The quantitative estimate of drug-likeness (QED) is 0.846. The van der Waals surface area contributed by atoms with Crippen LogP contribution in [0.25, 0.3) is 11.2 Å². The number of rotatable bonds is 6. The second-order valence-corrected chi connectivity index (χ2v) is 5.16. The van der Waals surface area contributed by atoms with Gasteiger partial charge in [-0.2, -0.15) is 0 Å². The Bertz CT molecular complexity index is 754. The van der Waals surface area contributed by atoms with Crippen LogP contribution in [0.5, 0.6) is 0 Å². The van der Waals surface area contributed by atoms with Gasteiger partial charge in [-0.25, -0.2) is 9.78 Å². The molecular formula is C14H22N4O3. The van der Waals surface area contributed by atoms with Gasteiger partial charge in [-0.3, -0.25) is 13.9 Å². The van der Waals surface area contributed by atoms with Gasteiger partial charge in [0.15, 0.2) is 11.2 Å². The average Bonchev–Trinajstić information content (AvgIpc) is 2.84. The van der Waals surface area contributed by atoms with Gasteiger partial charge in [0.2, 0.25) is 0 Å². The second-order valence-electron chi connectivity index (χ2n) is 5.16. The van der Waals surface area contributed by atoms with Crippen LogP contribution in [0.15, 0.2) is 9.59 Å². The highest BCUT2D eigenvalue weighted by Gasteiger charge is 2.19. The van der Waals surface area contributed by atoms with Crippen molar-refractivity contribution in [3.63, 3.8) is 0 Å². The Hall–Kier alpha value is -1.89. The van der Waals surface area contributed by atoms with E-state index >= 15 is 0 Å². The van der Waals surface area contributed by atoms with Crippen molar-refractivity contribution >= 4 is 11.2 Å². The fourth-order valence-electron chi connectivity index (χ4n) is 2.50. The van der Waals surface area contributed by atoms with Crippen molar-refractivity contribution in [2.75, 3.05) is 0 Å². The summed E-state index contributed by atoms with van der Waals surface area (Å²) >= 11 is 0. The van der Waals surface area contributed by atoms with E-state index in [1.807, 2.05) is 13.8 Å². The van der Waals surface area contributed by atoms with Gasteiger partial charge in [0.05, 0.1) is 0 Å². The molecule has 0 saturated carbocycles. The molecule has 0 spiro atoms. The summed E-state index contributed by atoms with van der Waals surface area (Å²) in [6, 6.07) is 0. The molecule has 0 fully saturated rings. The molecule has 2 aromatic heterocycles. The maximum absolute atomic E-state index is 12.4. The third kappa shape index (κ3) is 2.53.